The molecule has 1 heteroatoms. The molecule has 0 aromatic heterocycles. The van der Waals surface area contributed by atoms with Gasteiger partial charge in [-0.1, -0.05) is 20.8 Å². The number of nitrogens with two attached hydrogens (primary N) is 1. The van der Waals surface area contributed by atoms with Crippen molar-refractivity contribution in [3.05, 3.63) is 0 Å². The Morgan fingerprint density at radius 3 is 2.15 bits per heavy atom. The first-order chi connectivity index (χ1) is 5.89. The highest BCUT2D eigenvalue weighted by atomic mass is 14.7. The topological polar surface area (TPSA) is 26.0 Å². The van der Waals surface area contributed by atoms with Crippen molar-refractivity contribution in [2.45, 2.75) is 53.0 Å². The summed E-state index contributed by atoms with van der Waals surface area (Å²) in [6, 6.07) is 0.384. The van der Waals surface area contributed by atoms with Crippen molar-refractivity contribution in [3.8, 4) is 0 Å². The molecule has 1 nitrogen and oxygen atoms in total. The molecule has 0 unspecified atom stereocenters. The molecule has 2 fully saturated rings. The van der Waals surface area contributed by atoms with Gasteiger partial charge in [0.05, 0.1) is 0 Å². The van der Waals surface area contributed by atoms with Gasteiger partial charge in [-0.3, -0.25) is 0 Å². The normalized spacial score (nSPS) is 49.6. The second kappa shape index (κ2) is 2.50. The summed E-state index contributed by atoms with van der Waals surface area (Å²) < 4.78 is 0. The summed E-state index contributed by atoms with van der Waals surface area (Å²) in [7, 11) is 0. The van der Waals surface area contributed by atoms with E-state index >= 15 is 0 Å². The molecule has 2 bridgehead atoms. The molecule has 0 radical (unpaired) electrons. The predicted octanol–water partition coefficient (Wildman–Crippen LogP) is 2.80. The zero-order valence-corrected chi connectivity index (χ0v) is 9.43. The second-order valence-corrected chi connectivity index (χ2v) is 6.08. The van der Waals surface area contributed by atoms with E-state index in [1.807, 2.05) is 0 Å². The van der Waals surface area contributed by atoms with Gasteiger partial charge in [0.2, 0.25) is 0 Å². The maximum absolute atomic E-state index is 6.09. The summed E-state index contributed by atoms with van der Waals surface area (Å²) in [5, 5.41) is 0. The van der Waals surface area contributed by atoms with E-state index in [0.29, 0.717) is 16.9 Å². The SMILES string of the molecule is C[C@H](N)[C@H]1C[C@@H]2CC[C@]1(C)C2(C)C. The molecule has 2 saturated carbocycles. The highest BCUT2D eigenvalue weighted by Gasteiger charge is 2.61. The summed E-state index contributed by atoms with van der Waals surface area (Å²) in [4.78, 5) is 0. The molecule has 0 heterocycles. The fourth-order valence-electron chi connectivity index (χ4n) is 4.06. The zero-order chi connectivity index (χ0) is 9.85. The average molecular weight is 181 g/mol. The van der Waals surface area contributed by atoms with Gasteiger partial charge in [-0.25, -0.2) is 0 Å². The second-order valence-electron chi connectivity index (χ2n) is 6.08. The van der Waals surface area contributed by atoms with Crippen LogP contribution >= 0.6 is 0 Å². The average Bonchev–Trinajstić information content (AvgIpc) is 2.34. The molecule has 2 rings (SSSR count). The van der Waals surface area contributed by atoms with Gasteiger partial charge >= 0.3 is 0 Å². The van der Waals surface area contributed by atoms with Crippen molar-refractivity contribution in [2.24, 2.45) is 28.4 Å². The van der Waals surface area contributed by atoms with Crippen molar-refractivity contribution in [1.29, 1.82) is 0 Å². The lowest BCUT2D eigenvalue weighted by Crippen LogP contribution is -2.40. The Bertz CT molecular complexity index is 219. The van der Waals surface area contributed by atoms with Gasteiger partial charge < -0.3 is 5.73 Å². The van der Waals surface area contributed by atoms with E-state index in [2.05, 4.69) is 27.7 Å². The molecule has 2 N–H and O–H groups in total. The molecular formula is C12H23N. The van der Waals surface area contributed by atoms with Crippen LogP contribution in [0, 0.1) is 22.7 Å². The minimum atomic E-state index is 0.384. The molecular weight excluding hydrogens is 158 g/mol. The van der Waals surface area contributed by atoms with Crippen LogP contribution in [-0.2, 0) is 0 Å². The first-order valence-corrected chi connectivity index (χ1v) is 5.65. The van der Waals surface area contributed by atoms with Gasteiger partial charge in [0.25, 0.3) is 0 Å². The smallest absolute Gasteiger partial charge is 0.00442 e. The Kier molecular flexibility index (Phi) is 1.83. The van der Waals surface area contributed by atoms with Crippen LogP contribution in [0.1, 0.15) is 47.0 Å². The lowest BCUT2D eigenvalue weighted by Gasteiger charge is -2.41. The molecule has 0 aromatic rings. The van der Waals surface area contributed by atoms with Gasteiger partial charge in [0.1, 0.15) is 0 Å². The van der Waals surface area contributed by atoms with Crippen LogP contribution < -0.4 is 5.73 Å². The van der Waals surface area contributed by atoms with Crippen molar-refractivity contribution >= 4 is 0 Å². The van der Waals surface area contributed by atoms with Crippen LogP contribution in [0.3, 0.4) is 0 Å². The summed E-state index contributed by atoms with van der Waals surface area (Å²) in [5.74, 6) is 1.70. The van der Waals surface area contributed by atoms with Crippen LogP contribution in [0.2, 0.25) is 0 Å². The third-order valence-corrected chi connectivity index (χ3v) is 5.50. The Balaban J connectivity index is 2.33. The van der Waals surface area contributed by atoms with E-state index in [0.717, 1.165) is 11.8 Å². The van der Waals surface area contributed by atoms with E-state index < -0.39 is 0 Å². The number of fused-ring (bicyclic) bond motifs is 2. The number of hydrogen-bond acceptors (Lipinski definition) is 1. The molecule has 2 aliphatic carbocycles. The van der Waals surface area contributed by atoms with Crippen LogP contribution in [0.4, 0.5) is 0 Å². The Labute approximate surface area is 82.1 Å². The third kappa shape index (κ3) is 0.971. The maximum atomic E-state index is 6.09. The monoisotopic (exact) mass is 181 g/mol. The lowest BCUT2D eigenvalue weighted by molar-refractivity contribution is 0.0911. The molecule has 0 saturated heterocycles. The first-order valence-electron chi connectivity index (χ1n) is 5.65. The third-order valence-electron chi connectivity index (χ3n) is 5.50. The van der Waals surface area contributed by atoms with Gasteiger partial charge in [-0.05, 0) is 48.9 Å². The highest BCUT2D eigenvalue weighted by Crippen LogP contribution is 2.68. The van der Waals surface area contributed by atoms with Crippen LogP contribution in [-0.4, -0.2) is 6.04 Å². The molecule has 0 spiro atoms. The minimum absolute atomic E-state index is 0.384. The van der Waals surface area contributed by atoms with E-state index in [1.54, 1.807) is 0 Å². The summed E-state index contributed by atoms with van der Waals surface area (Å²) in [6.45, 7) is 9.56. The largest absolute Gasteiger partial charge is 0.328 e. The van der Waals surface area contributed by atoms with E-state index in [4.69, 9.17) is 5.73 Å². The van der Waals surface area contributed by atoms with Crippen molar-refractivity contribution < 1.29 is 0 Å². The Hall–Kier alpha value is -0.0400. The van der Waals surface area contributed by atoms with Gasteiger partial charge in [0, 0.05) is 6.04 Å². The Morgan fingerprint density at radius 2 is 1.92 bits per heavy atom. The van der Waals surface area contributed by atoms with Crippen molar-refractivity contribution in [3.63, 3.8) is 0 Å². The molecule has 76 valence electrons. The number of hydrogen-bond donors (Lipinski definition) is 1. The van der Waals surface area contributed by atoms with Crippen LogP contribution in [0.5, 0.6) is 0 Å². The lowest BCUT2D eigenvalue weighted by atomic mass is 9.65. The van der Waals surface area contributed by atoms with Gasteiger partial charge in [-0.15, -0.1) is 0 Å². The molecule has 13 heavy (non-hydrogen) atoms. The first kappa shape index (κ1) is 9.51. The molecule has 0 amide bonds. The maximum Gasteiger partial charge on any atom is 0.00442 e. The van der Waals surface area contributed by atoms with Crippen molar-refractivity contribution in [2.75, 3.05) is 0 Å². The standard InChI is InChI=1S/C12H23N/c1-8(13)10-7-9-5-6-12(10,4)11(9,2)3/h8-10H,5-7,13H2,1-4H3/t8-,9-,10+,12-/m0/s1. The van der Waals surface area contributed by atoms with E-state index in [9.17, 15) is 0 Å². The predicted molar refractivity (Wildman–Crippen MR) is 56.4 cm³/mol. The number of rotatable bonds is 1. The van der Waals surface area contributed by atoms with Gasteiger partial charge in [0.15, 0.2) is 0 Å². The summed E-state index contributed by atoms with van der Waals surface area (Å²) in [5.41, 5.74) is 7.14. The highest BCUT2D eigenvalue weighted by molar-refractivity contribution is 5.11. The molecule has 0 aromatic carbocycles. The minimum Gasteiger partial charge on any atom is -0.328 e. The van der Waals surface area contributed by atoms with E-state index in [1.165, 1.54) is 19.3 Å². The Morgan fingerprint density at radius 1 is 1.31 bits per heavy atom. The summed E-state index contributed by atoms with van der Waals surface area (Å²) in [6.07, 6.45) is 4.21. The summed E-state index contributed by atoms with van der Waals surface area (Å²) >= 11 is 0. The van der Waals surface area contributed by atoms with Gasteiger partial charge in [-0.2, -0.15) is 0 Å². The fourth-order valence-corrected chi connectivity index (χ4v) is 4.06. The molecule has 4 atom stereocenters. The van der Waals surface area contributed by atoms with Crippen LogP contribution in [0.15, 0.2) is 0 Å². The zero-order valence-electron chi connectivity index (χ0n) is 9.43. The molecule has 0 aliphatic heterocycles. The molecule has 2 aliphatic rings. The van der Waals surface area contributed by atoms with Crippen molar-refractivity contribution in [1.82, 2.24) is 0 Å². The quantitative estimate of drug-likeness (QED) is 0.661. The van der Waals surface area contributed by atoms with Crippen LogP contribution in [0.25, 0.3) is 0 Å². The van der Waals surface area contributed by atoms with E-state index in [-0.39, 0.29) is 0 Å². The fraction of sp³-hybridized carbons (Fsp3) is 1.00.